The van der Waals surface area contributed by atoms with Crippen molar-refractivity contribution in [2.75, 3.05) is 18.9 Å². The molecule has 1 fully saturated rings. The predicted molar refractivity (Wildman–Crippen MR) is 81.2 cm³/mol. The number of ether oxygens (including phenoxy) is 2. The number of hydrogen-bond acceptors (Lipinski definition) is 7. The lowest BCUT2D eigenvalue weighted by Crippen LogP contribution is -2.22. The zero-order valence-electron chi connectivity index (χ0n) is 12.2. The molecular formula is C14H14ClNO6S. The Morgan fingerprint density at radius 3 is 2.96 bits per heavy atom. The first-order valence-electron chi connectivity index (χ1n) is 6.85. The van der Waals surface area contributed by atoms with Crippen molar-refractivity contribution in [1.82, 2.24) is 0 Å². The molecule has 124 valence electrons. The number of halogens is 1. The van der Waals surface area contributed by atoms with E-state index in [1.54, 1.807) is 12.1 Å². The Kier molecular flexibility index (Phi) is 4.31. The highest BCUT2D eigenvalue weighted by atomic mass is 35.5. The monoisotopic (exact) mass is 359 g/mol. The van der Waals surface area contributed by atoms with Crippen molar-refractivity contribution in [2.45, 2.75) is 17.6 Å². The molecule has 7 nitrogen and oxygen atoms in total. The third-order valence-corrected chi connectivity index (χ3v) is 6.01. The molecule has 3 rings (SSSR count). The van der Waals surface area contributed by atoms with Gasteiger partial charge in [0.1, 0.15) is 5.21 Å². The second kappa shape index (κ2) is 6.10. The van der Waals surface area contributed by atoms with Crippen molar-refractivity contribution in [3.05, 3.63) is 29.3 Å². The molecule has 1 aromatic carbocycles. The van der Waals surface area contributed by atoms with Crippen molar-refractivity contribution in [2.24, 2.45) is 11.1 Å². The number of alkyl halides is 1. The number of carbonyl (C=O) groups excluding carboxylic acids is 1. The lowest BCUT2D eigenvalue weighted by molar-refractivity contribution is -0.106. The summed E-state index contributed by atoms with van der Waals surface area (Å²) in [5.41, 5.74) is 0.671. The topological polar surface area (TPSA) is 91.3 Å². The van der Waals surface area contributed by atoms with Gasteiger partial charge in [-0.1, -0.05) is 17.3 Å². The first-order chi connectivity index (χ1) is 11.0. The van der Waals surface area contributed by atoms with E-state index in [2.05, 4.69) is 9.89 Å². The van der Waals surface area contributed by atoms with Gasteiger partial charge in [0.25, 0.3) is 0 Å². The summed E-state index contributed by atoms with van der Waals surface area (Å²) in [6.07, 6.45) is 0.144. The summed E-state index contributed by atoms with van der Waals surface area (Å²) in [6.45, 7) is 0.503. The minimum atomic E-state index is -3.89. The average Bonchev–Trinajstić information content (AvgIpc) is 3.16. The lowest BCUT2D eigenvalue weighted by Gasteiger charge is -2.14. The van der Waals surface area contributed by atoms with Crippen LogP contribution in [0.3, 0.4) is 0 Å². The standard InChI is InChI=1S/C14H14ClNO6S/c1-20-13(17)10-4-2-3-8(12(10)23(18,19)7-15)11-9-5-6-21-14(9)22-16-11/h2-4,9,14H,5-7H2,1H3. The molecule has 1 aromatic rings. The van der Waals surface area contributed by atoms with E-state index >= 15 is 0 Å². The van der Waals surface area contributed by atoms with Crippen LogP contribution in [0.5, 0.6) is 0 Å². The predicted octanol–water partition coefficient (Wildman–Crippen LogP) is 1.54. The number of carbonyl (C=O) groups is 1. The summed E-state index contributed by atoms with van der Waals surface area (Å²) in [4.78, 5) is 17.0. The highest BCUT2D eigenvalue weighted by molar-refractivity contribution is 7.92. The molecule has 2 atom stereocenters. The van der Waals surface area contributed by atoms with Gasteiger partial charge < -0.3 is 14.3 Å². The Morgan fingerprint density at radius 2 is 2.26 bits per heavy atom. The van der Waals surface area contributed by atoms with Crippen LogP contribution >= 0.6 is 11.6 Å². The molecule has 23 heavy (non-hydrogen) atoms. The van der Waals surface area contributed by atoms with E-state index in [4.69, 9.17) is 21.2 Å². The zero-order chi connectivity index (χ0) is 16.6. The van der Waals surface area contributed by atoms with Crippen LogP contribution in [0.15, 0.2) is 28.3 Å². The number of esters is 1. The molecule has 2 aliphatic heterocycles. The van der Waals surface area contributed by atoms with Gasteiger partial charge in [-0.25, -0.2) is 13.2 Å². The number of nitrogens with zero attached hydrogens (tertiary/aromatic N) is 1. The molecule has 0 saturated carbocycles. The molecule has 2 unspecified atom stereocenters. The maximum Gasteiger partial charge on any atom is 0.339 e. The van der Waals surface area contributed by atoms with E-state index in [9.17, 15) is 13.2 Å². The molecule has 2 aliphatic rings. The average molecular weight is 360 g/mol. The molecule has 0 amide bonds. The van der Waals surface area contributed by atoms with Crippen LogP contribution in [0.2, 0.25) is 0 Å². The number of rotatable bonds is 4. The number of hydrogen-bond donors (Lipinski definition) is 0. The van der Waals surface area contributed by atoms with Crippen molar-refractivity contribution in [3.63, 3.8) is 0 Å². The Labute approximate surface area is 138 Å². The second-order valence-corrected chi connectivity index (χ2v) is 7.62. The molecule has 0 bridgehead atoms. The van der Waals surface area contributed by atoms with Gasteiger partial charge >= 0.3 is 5.97 Å². The second-order valence-electron chi connectivity index (χ2n) is 5.11. The van der Waals surface area contributed by atoms with Gasteiger partial charge in [-0.2, -0.15) is 0 Å². The number of sulfone groups is 1. The lowest BCUT2D eigenvalue weighted by atomic mass is 9.94. The molecule has 2 heterocycles. The van der Waals surface area contributed by atoms with Gasteiger partial charge in [-0.05, 0) is 12.5 Å². The van der Waals surface area contributed by atoms with E-state index in [0.717, 1.165) is 0 Å². The van der Waals surface area contributed by atoms with Crippen molar-refractivity contribution in [3.8, 4) is 0 Å². The highest BCUT2D eigenvalue weighted by Gasteiger charge is 2.42. The normalized spacial score (nSPS) is 23.1. The molecular weight excluding hydrogens is 346 g/mol. The van der Waals surface area contributed by atoms with Crippen LogP contribution in [-0.2, 0) is 24.1 Å². The fraction of sp³-hybridized carbons (Fsp3) is 0.429. The molecule has 0 aliphatic carbocycles. The fourth-order valence-corrected chi connectivity index (χ4v) is 4.19. The number of oxime groups is 1. The summed E-state index contributed by atoms with van der Waals surface area (Å²) >= 11 is 5.60. The maximum atomic E-state index is 12.4. The Balaban J connectivity index is 2.19. The van der Waals surface area contributed by atoms with Crippen LogP contribution in [0.25, 0.3) is 0 Å². The van der Waals surface area contributed by atoms with Gasteiger partial charge in [0.2, 0.25) is 6.29 Å². The van der Waals surface area contributed by atoms with Crippen LogP contribution in [0.4, 0.5) is 0 Å². The zero-order valence-corrected chi connectivity index (χ0v) is 13.8. The molecule has 0 spiro atoms. The molecule has 0 N–H and O–H groups in total. The van der Waals surface area contributed by atoms with Gasteiger partial charge in [-0.3, -0.25) is 0 Å². The van der Waals surface area contributed by atoms with E-state index < -0.39 is 27.3 Å². The summed E-state index contributed by atoms with van der Waals surface area (Å²) in [7, 11) is -2.71. The Morgan fingerprint density at radius 1 is 1.48 bits per heavy atom. The van der Waals surface area contributed by atoms with Crippen LogP contribution in [-0.4, -0.2) is 45.3 Å². The Hall–Kier alpha value is -1.64. The van der Waals surface area contributed by atoms with Crippen molar-refractivity contribution in [1.29, 1.82) is 0 Å². The van der Waals surface area contributed by atoms with Crippen LogP contribution in [0.1, 0.15) is 22.3 Å². The first kappa shape index (κ1) is 16.2. The van der Waals surface area contributed by atoms with Gasteiger partial charge in [0.15, 0.2) is 9.84 Å². The summed E-state index contributed by atoms with van der Waals surface area (Å²) in [5.74, 6) is -0.929. The van der Waals surface area contributed by atoms with Crippen LogP contribution in [0, 0.1) is 5.92 Å². The summed E-state index contributed by atoms with van der Waals surface area (Å²) in [5, 5.41) is 3.30. The first-order valence-corrected chi connectivity index (χ1v) is 9.04. The van der Waals surface area contributed by atoms with E-state index in [-0.39, 0.29) is 16.4 Å². The summed E-state index contributed by atoms with van der Waals surface area (Å²) < 4.78 is 34.9. The van der Waals surface area contributed by atoms with Crippen LogP contribution < -0.4 is 0 Å². The number of methoxy groups -OCH3 is 1. The maximum absolute atomic E-state index is 12.4. The molecule has 0 radical (unpaired) electrons. The van der Waals surface area contributed by atoms with Gasteiger partial charge in [0, 0.05) is 5.56 Å². The largest absolute Gasteiger partial charge is 0.465 e. The number of fused-ring (bicyclic) bond motifs is 1. The van der Waals surface area contributed by atoms with Crippen molar-refractivity contribution < 1.29 is 27.5 Å². The minimum absolute atomic E-state index is 0.0734. The van der Waals surface area contributed by atoms with E-state index in [1.807, 2.05) is 0 Å². The Bertz CT molecular complexity index is 775. The SMILES string of the molecule is COC(=O)c1cccc(C2=NOC3OCCC23)c1S(=O)(=O)CCl. The summed E-state index contributed by atoms with van der Waals surface area (Å²) in [6, 6.07) is 4.53. The fourth-order valence-electron chi connectivity index (χ4n) is 2.76. The minimum Gasteiger partial charge on any atom is -0.465 e. The molecule has 0 aromatic heterocycles. The molecule has 1 saturated heterocycles. The van der Waals surface area contributed by atoms with Gasteiger partial charge in [0.05, 0.1) is 35.8 Å². The number of benzene rings is 1. The van der Waals surface area contributed by atoms with Gasteiger partial charge in [-0.15, -0.1) is 11.6 Å². The quantitative estimate of drug-likeness (QED) is 0.598. The smallest absolute Gasteiger partial charge is 0.339 e. The third-order valence-electron chi connectivity index (χ3n) is 3.80. The highest BCUT2D eigenvalue weighted by Crippen LogP contribution is 2.35. The molecule has 9 heteroatoms. The van der Waals surface area contributed by atoms with E-state index in [1.165, 1.54) is 13.2 Å². The third kappa shape index (κ3) is 2.71. The van der Waals surface area contributed by atoms with E-state index in [0.29, 0.717) is 24.3 Å². The van der Waals surface area contributed by atoms with Crippen molar-refractivity contribution >= 4 is 33.1 Å².